The van der Waals surface area contributed by atoms with E-state index in [-0.39, 0.29) is 21.7 Å². The second kappa shape index (κ2) is 11.8. The van der Waals surface area contributed by atoms with Gasteiger partial charge in [0.1, 0.15) is 0 Å². The van der Waals surface area contributed by atoms with Gasteiger partial charge in [0.25, 0.3) is 5.91 Å². The van der Waals surface area contributed by atoms with Crippen LogP contribution >= 0.6 is 23.1 Å². The Morgan fingerprint density at radius 2 is 1.69 bits per heavy atom. The summed E-state index contributed by atoms with van der Waals surface area (Å²) >= 11 is 2.38. The summed E-state index contributed by atoms with van der Waals surface area (Å²) < 4.78 is 27.1. The van der Waals surface area contributed by atoms with Gasteiger partial charge < -0.3 is 5.32 Å². The van der Waals surface area contributed by atoms with Gasteiger partial charge in [-0.3, -0.25) is 14.9 Å². The maximum absolute atomic E-state index is 12.6. The van der Waals surface area contributed by atoms with E-state index in [4.69, 9.17) is 0 Å². The number of carbonyl (C=O) groups excluding carboxylic acids is 2. The van der Waals surface area contributed by atoms with E-state index in [9.17, 15) is 18.0 Å². The molecule has 0 aliphatic rings. The highest BCUT2D eigenvalue weighted by Gasteiger charge is 2.22. The van der Waals surface area contributed by atoms with Gasteiger partial charge in [0, 0.05) is 24.3 Å². The third-order valence-electron chi connectivity index (χ3n) is 5.08. The topological polar surface area (TPSA) is 121 Å². The fourth-order valence-corrected chi connectivity index (χ4v) is 6.17. The molecule has 0 spiro atoms. The Morgan fingerprint density at radius 3 is 2.34 bits per heavy atom. The first kappa shape index (κ1) is 26.8. The number of hydrogen-bond acceptors (Lipinski definition) is 8. The largest absolute Gasteiger partial charge is 0.325 e. The second-order valence-corrected chi connectivity index (χ2v) is 11.7. The number of nitrogens with zero attached hydrogens (tertiary/aromatic N) is 3. The van der Waals surface area contributed by atoms with Crippen molar-refractivity contribution in [1.82, 2.24) is 14.5 Å². The summed E-state index contributed by atoms with van der Waals surface area (Å²) in [6, 6.07) is 11.6. The molecular formula is C23H27N5O4S3. The van der Waals surface area contributed by atoms with Crippen molar-refractivity contribution in [3.05, 3.63) is 59.2 Å². The van der Waals surface area contributed by atoms with E-state index >= 15 is 0 Å². The van der Waals surface area contributed by atoms with E-state index in [2.05, 4.69) is 20.8 Å². The summed E-state index contributed by atoms with van der Waals surface area (Å²) in [5.41, 5.74) is 3.11. The Morgan fingerprint density at radius 1 is 1.00 bits per heavy atom. The molecular weight excluding hydrogens is 506 g/mol. The summed E-state index contributed by atoms with van der Waals surface area (Å²) in [4.78, 5) is 25.0. The standard InChI is InChI=1S/C23H27N5O4S3/c1-5-28(6-2)35(31,32)18-11-9-17(10-12-18)21(30)25-22-26-27-23(34-22)33-14-20(29)24-19-13-15(3)7-8-16(19)4/h7-13H,5-6,14H2,1-4H3,(H,24,29)(H,25,26,30). The van der Waals surface area contributed by atoms with Crippen molar-refractivity contribution in [1.29, 1.82) is 0 Å². The molecule has 0 aliphatic heterocycles. The van der Waals surface area contributed by atoms with Crippen LogP contribution in [-0.2, 0) is 14.8 Å². The Balaban J connectivity index is 1.56. The molecule has 1 heterocycles. The lowest BCUT2D eigenvalue weighted by Crippen LogP contribution is -2.30. The quantitative estimate of drug-likeness (QED) is 0.296. The SMILES string of the molecule is CCN(CC)S(=O)(=O)c1ccc(C(=O)Nc2nnc(SCC(=O)Nc3cc(C)ccc3C)s2)cc1. The Hall–Kier alpha value is -2.80. The number of amides is 2. The number of benzene rings is 2. The lowest BCUT2D eigenvalue weighted by atomic mass is 10.1. The van der Waals surface area contributed by atoms with Crippen LogP contribution in [-0.4, -0.2) is 53.6 Å². The van der Waals surface area contributed by atoms with Gasteiger partial charge in [-0.2, -0.15) is 4.31 Å². The molecule has 2 amide bonds. The van der Waals surface area contributed by atoms with Crippen molar-refractivity contribution in [2.24, 2.45) is 0 Å². The molecule has 0 aliphatic carbocycles. The Kier molecular flexibility index (Phi) is 9.00. The number of hydrogen-bond donors (Lipinski definition) is 2. The van der Waals surface area contributed by atoms with E-state index < -0.39 is 15.9 Å². The fraction of sp³-hybridized carbons (Fsp3) is 0.304. The van der Waals surface area contributed by atoms with E-state index in [0.29, 0.717) is 23.0 Å². The van der Waals surface area contributed by atoms with E-state index in [0.717, 1.165) is 28.2 Å². The van der Waals surface area contributed by atoms with Crippen LogP contribution < -0.4 is 10.6 Å². The fourth-order valence-electron chi connectivity index (χ4n) is 3.16. The predicted molar refractivity (Wildman–Crippen MR) is 140 cm³/mol. The van der Waals surface area contributed by atoms with Gasteiger partial charge >= 0.3 is 0 Å². The molecule has 35 heavy (non-hydrogen) atoms. The summed E-state index contributed by atoms with van der Waals surface area (Å²) in [6.45, 7) is 8.17. The molecule has 2 aromatic carbocycles. The molecule has 1 aromatic heterocycles. The van der Waals surface area contributed by atoms with Crippen LogP contribution in [0.1, 0.15) is 35.3 Å². The average molecular weight is 534 g/mol. The summed E-state index contributed by atoms with van der Waals surface area (Å²) in [6.07, 6.45) is 0. The van der Waals surface area contributed by atoms with Crippen LogP contribution in [0.2, 0.25) is 0 Å². The average Bonchev–Trinajstić information content (AvgIpc) is 3.28. The highest BCUT2D eigenvalue weighted by molar-refractivity contribution is 8.01. The first-order valence-electron chi connectivity index (χ1n) is 10.9. The number of anilines is 2. The molecule has 0 fully saturated rings. The van der Waals surface area contributed by atoms with Crippen molar-refractivity contribution in [2.45, 2.75) is 36.9 Å². The smallest absolute Gasteiger partial charge is 0.257 e. The van der Waals surface area contributed by atoms with Gasteiger partial charge in [0.05, 0.1) is 10.6 Å². The molecule has 186 valence electrons. The van der Waals surface area contributed by atoms with E-state index in [1.807, 2.05) is 32.0 Å². The van der Waals surface area contributed by atoms with Gasteiger partial charge in [-0.1, -0.05) is 49.1 Å². The molecule has 3 aromatic rings. The molecule has 12 heteroatoms. The summed E-state index contributed by atoms with van der Waals surface area (Å²) in [5.74, 6) is -0.445. The number of aryl methyl sites for hydroxylation is 2. The molecule has 0 atom stereocenters. The van der Waals surface area contributed by atoms with Gasteiger partial charge in [0.2, 0.25) is 21.1 Å². The summed E-state index contributed by atoms with van der Waals surface area (Å²) in [5, 5.41) is 13.8. The van der Waals surface area contributed by atoms with Crippen LogP contribution in [0.4, 0.5) is 10.8 Å². The minimum Gasteiger partial charge on any atom is -0.325 e. The zero-order chi connectivity index (χ0) is 25.6. The van der Waals surface area contributed by atoms with Gasteiger partial charge in [0.15, 0.2) is 4.34 Å². The number of thioether (sulfide) groups is 1. The normalized spacial score (nSPS) is 11.5. The lowest BCUT2D eigenvalue weighted by Gasteiger charge is -2.18. The lowest BCUT2D eigenvalue weighted by molar-refractivity contribution is -0.113. The third-order valence-corrected chi connectivity index (χ3v) is 9.12. The van der Waals surface area contributed by atoms with Gasteiger partial charge in [-0.15, -0.1) is 10.2 Å². The molecule has 0 saturated heterocycles. The zero-order valence-electron chi connectivity index (χ0n) is 19.9. The van der Waals surface area contributed by atoms with Crippen LogP contribution in [0.25, 0.3) is 0 Å². The minimum absolute atomic E-state index is 0.131. The maximum atomic E-state index is 12.6. The third kappa shape index (κ3) is 6.88. The van der Waals surface area contributed by atoms with Crippen LogP contribution in [0.3, 0.4) is 0 Å². The van der Waals surface area contributed by atoms with E-state index in [1.165, 1.54) is 40.3 Å². The van der Waals surface area contributed by atoms with E-state index in [1.54, 1.807) is 13.8 Å². The Bertz CT molecular complexity index is 1300. The molecule has 0 saturated carbocycles. The number of carbonyl (C=O) groups is 2. The van der Waals surface area contributed by atoms with Crippen LogP contribution in [0.5, 0.6) is 0 Å². The first-order valence-corrected chi connectivity index (χ1v) is 14.1. The first-order chi connectivity index (χ1) is 16.6. The zero-order valence-corrected chi connectivity index (χ0v) is 22.3. The number of nitrogens with one attached hydrogen (secondary N) is 2. The van der Waals surface area contributed by atoms with Crippen molar-refractivity contribution < 1.29 is 18.0 Å². The molecule has 2 N–H and O–H groups in total. The van der Waals surface area contributed by atoms with Crippen molar-refractivity contribution in [2.75, 3.05) is 29.5 Å². The predicted octanol–water partition coefficient (Wildman–Crippen LogP) is 4.17. The monoisotopic (exact) mass is 533 g/mol. The number of rotatable bonds is 10. The number of aromatic nitrogens is 2. The van der Waals surface area contributed by atoms with Gasteiger partial charge in [-0.25, -0.2) is 8.42 Å². The maximum Gasteiger partial charge on any atom is 0.257 e. The highest BCUT2D eigenvalue weighted by Crippen LogP contribution is 2.26. The Labute approximate surface area is 213 Å². The highest BCUT2D eigenvalue weighted by atomic mass is 32.2. The van der Waals surface area contributed by atoms with Crippen molar-refractivity contribution in [3.63, 3.8) is 0 Å². The van der Waals surface area contributed by atoms with Crippen LogP contribution in [0, 0.1) is 13.8 Å². The number of sulfonamides is 1. The molecule has 3 rings (SSSR count). The van der Waals surface area contributed by atoms with Crippen molar-refractivity contribution >= 4 is 55.8 Å². The van der Waals surface area contributed by atoms with Gasteiger partial charge in [-0.05, 0) is 55.3 Å². The molecule has 0 unspecified atom stereocenters. The molecule has 9 nitrogen and oxygen atoms in total. The molecule has 0 radical (unpaired) electrons. The molecule has 0 bridgehead atoms. The summed E-state index contributed by atoms with van der Waals surface area (Å²) in [7, 11) is -3.59. The minimum atomic E-state index is -3.59. The second-order valence-electron chi connectivity index (χ2n) is 7.60. The van der Waals surface area contributed by atoms with Crippen LogP contribution in [0.15, 0.2) is 51.7 Å². The van der Waals surface area contributed by atoms with Crippen molar-refractivity contribution in [3.8, 4) is 0 Å².